The highest BCUT2D eigenvalue weighted by molar-refractivity contribution is 6.10. The Morgan fingerprint density at radius 3 is 2.50 bits per heavy atom. The van der Waals surface area contributed by atoms with Crippen molar-refractivity contribution in [1.29, 1.82) is 0 Å². The van der Waals surface area contributed by atoms with Crippen LogP contribution < -0.4 is 20.1 Å². The van der Waals surface area contributed by atoms with Gasteiger partial charge in [-0.05, 0) is 44.2 Å². The molecule has 0 aliphatic carbocycles. The van der Waals surface area contributed by atoms with Crippen LogP contribution in [0.2, 0.25) is 0 Å². The highest BCUT2D eigenvalue weighted by Crippen LogP contribution is 2.29. The van der Waals surface area contributed by atoms with Crippen molar-refractivity contribution in [2.75, 3.05) is 19.5 Å². The highest BCUT2D eigenvalue weighted by atomic mass is 19.1. The number of benzene rings is 2. The fourth-order valence-electron chi connectivity index (χ4n) is 3.17. The molecule has 0 saturated heterocycles. The number of carbonyl (C=O) groups is 1. The van der Waals surface area contributed by atoms with Crippen molar-refractivity contribution < 1.29 is 18.7 Å². The SMILES string of the molecule is COc1ccc(NC(=NCc2c(C)nn(C)c2C)NC(=O)c2cccc(F)c2)cc1OC. The first kappa shape index (κ1) is 22.8. The van der Waals surface area contributed by atoms with E-state index in [9.17, 15) is 9.18 Å². The first-order chi connectivity index (χ1) is 15.3. The first-order valence-corrected chi connectivity index (χ1v) is 9.92. The molecule has 0 atom stereocenters. The number of aryl methyl sites for hydroxylation is 2. The minimum atomic E-state index is -0.495. The summed E-state index contributed by atoms with van der Waals surface area (Å²) in [6.07, 6.45) is 0. The van der Waals surface area contributed by atoms with E-state index in [0.717, 1.165) is 17.0 Å². The molecule has 0 unspecified atom stereocenters. The van der Waals surface area contributed by atoms with E-state index in [0.29, 0.717) is 23.7 Å². The molecule has 2 aromatic carbocycles. The molecule has 168 valence electrons. The van der Waals surface area contributed by atoms with Crippen LogP contribution in [0.25, 0.3) is 0 Å². The van der Waals surface area contributed by atoms with E-state index in [1.807, 2.05) is 20.9 Å². The topological polar surface area (TPSA) is 89.8 Å². The van der Waals surface area contributed by atoms with Crippen LogP contribution >= 0.6 is 0 Å². The van der Waals surface area contributed by atoms with Gasteiger partial charge in [-0.25, -0.2) is 9.38 Å². The summed E-state index contributed by atoms with van der Waals surface area (Å²) >= 11 is 0. The number of nitrogens with zero attached hydrogens (tertiary/aromatic N) is 3. The van der Waals surface area contributed by atoms with Gasteiger partial charge in [-0.1, -0.05) is 6.07 Å². The van der Waals surface area contributed by atoms with Crippen LogP contribution in [0, 0.1) is 19.7 Å². The molecule has 1 aromatic heterocycles. The van der Waals surface area contributed by atoms with Gasteiger partial charge in [0.1, 0.15) is 5.82 Å². The zero-order valence-corrected chi connectivity index (χ0v) is 18.7. The number of nitrogens with one attached hydrogen (secondary N) is 2. The van der Waals surface area contributed by atoms with E-state index < -0.39 is 11.7 Å². The summed E-state index contributed by atoms with van der Waals surface area (Å²) in [6.45, 7) is 4.16. The number of halogens is 1. The number of aliphatic imine (C=N–C) groups is 1. The van der Waals surface area contributed by atoms with E-state index in [1.54, 1.807) is 30.0 Å². The largest absolute Gasteiger partial charge is 0.493 e. The Bertz CT molecular complexity index is 1160. The third-order valence-corrected chi connectivity index (χ3v) is 5.02. The number of hydrogen-bond donors (Lipinski definition) is 2. The molecule has 0 bridgehead atoms. The quantitative estimate of drug-likeness (QED) is 0.453. The van der Waals surface area contributed by atoms with Gasteiger partial charge < -0.3 is 14.8 Å². The van der Waals surface area contributed by atoms with Crippen LogP contribution in [-0.2, 0) is 13.6 Å². The predicted molar refractivity (Wildman–Crippen MR) is 121 cm³/mol. The molecule has 0 fully saturated rings. The Kier molecular flexibility index (Phi) is 7.09. The molecule has 8 nitrogen and oxygen atoms in total. The summed E-state index contributed by atoms with van der Waals surface area (Å²) in [4.78, 5) is 17.3. The normalized spacial score (nSPS) is 11.2. The van der Waals surface area contributed by atoms with Gasteiger partial charge in [-0.3, -0.25) is 14.8 Å². The number of ether oxygens (including phenoxy) is 2. The highest BCUT2D eigenvalue weighted by Gasteiger charge is 2.14. The second-order valence-corrected chi connectivity index (χ2v) is 7.10. The van der Waals surface area contributed by atoms with E-state index in [4.69, 9.17) is 9.47 Å². The second-order valence-electron chi connectivity index (χ2n) is 7.10. The van der Waals surface area contributed by atoms with Crippen LogP contribution in [-0.4, -0.2) is 35.9 Å². The molecule has 0 aliphatic heterocycles. The molecule has 2 N–H and O–H groups in total. The average molecular weight is 439 g/mol. The van der Waals surface area contributed by atoms with Crippen molar-refractivity contribution in [3.8, 4) is 11.5 Å². The molecule has 3 rings (SSSR count). The van der Waals surface area contributed by atoms with Crippen molar-refractivity contribution >= 4 is 17.6 Å². The minimum absolute atomic E-state index is 0.181. The van der Waals surface area contributed by atoms with E-state index in [-0.39, 0.29) is 11.5 Å². The van der Waals surface area contributed by atoms with Crippen molar-refractivity contribution in [3.05, 3.63) is 70.8 Å². The van der Waals surface area contributed by atoms with Gasteiger partial charge in [0.05, 0.1) is 26.5 Å². The number of anilines is 1. The van der Waals surface area contributed by atoms with E-state index in [1.165, 1.54) is 31.4 Å². The van der Waals surface area contributed by atoms with Crippen molar-refractivity contribution in [2.45, 2.75) is 20.4 Å². The smallest absolute Gasteiger partial charge is 0.258 e. The Balaban J connectivity index is 1.90. The summed E-state index contributed by atoms with van der Waals surface area (Å²) < 4.78 is 26.0. The monoisotopic (exact) mass is 439 g/mol. The summed E-state index contributed by atoms with van der Waals surface area (Å²) in [5, 5.41) is 10.2. The Labute approximate surface area is 186 Å². The summed E-state index contributed by atoms with van der Waals surface area (Å²) in [5.41, 5.74) is 3.60. The lowest BCUT2D eigenvalue weighted by atomic mass is 10.2. The maximum Gasteiger partial charge on any atom is 0.258 e. The van der Waals surface area contributed by atoms with Gasteiger partial charge in [0.2, 0.25) is 5.96 Å². The predicted octanol–water partition coefficient (Wildman–Crippen LogP) is 3.59. The fraction of sp³-hybridized carbons (Fsp3) is 0.261. The van der Waals surface area contributed by atoms with Crippen LogP contribution in [0.5, 0.6) is 11.5 Å². The standard InChI is InChI=1S/C23H26FN5O3/c1-14-19(15(2)29(3)28-14)13-25-23(27-22(30)16-7-6-8-17(24)11-16)26-18-9-10-20(31-4)21(12-18)32-5/h6-12H,13H2,1-5H3,(H2,25,26,27,30). The maximum atomic E-state index is 13.6. The van der Waals surface area contributed by atoms with Gasteiger partial charge in [-0.15, -0.1) is 0 Å². The van der Waals surface area contributed by atoms with Gasteiger partial charge in [0, 0.05) is 35.6 Å². The molecule has 0 aliphatic rings. The van der Waals surface area contributed by atoms with Crippen molar-refractivity contribution in [1.82, 2.24) is 15.1 Å². The van der Waals surface area contributed by atoms with Crippen LogP contribution in [0.4, 0.5) is 10.1 Å². The molecule has 0 radical (unpaired) electrons. The summed E-state index contributed by atoms with van der Waals surface area (Å²) in [5.74, 6) is 0.310. The lowest BCUT2D eigenvalue weighted by Crippen LogP contribution is -2.36. The van der Waals surface area contributed by atoms with Gasteiger partial charge in [0.15, 0.2) is 11.5 Å². The van der Waals surface area contributed by atoms with Gasteiger partial charge >= 0.3 is 0 Å². The van der Waals surface area contributed by atoms with Crippen molar-refractivity contribution in [2.24, 2.45) is 12.0 Å². The zero-order valence-electron chi connectivity index (χ0n) is 18.7. The number of methoxy groups -OCH3 is 2. The van der Waals surface area contributed by atoms with Gasteiger partial charge in [-0.2, -0.15) is 5.10 Å². The Morgan fingerprint density at radius 2 is 1.88 bits per heavy atom. The fourth-order valence-corrected chi connectivity index (χ4v) is 3.17. The number of hydrogen-bond acceptors (Lipinski definition) is 5. The molecule has 3 aromatic rings. The lowest BCUT2D eigenvalue weighted by Gasteiger charge is -2.14. The second kappa shape index (κ2) is 9.95. The number of carbonyl (C=O) groups excluding carboxylic acids is 1. The zero-order chi connectivity index (χ0) is 23.3. The number of rotatable bonds is 6. The molecular formula is C23H26FN5O3. The maximum absolute atomic E-state index is 13.6. The lowest BCUT2D eigenvalue weighted by molar-refractivity contribution is 0.0976. The third kappa shape index (κ3) is 5.23. The van der Waals surface area contributed by atoms with Crippen LogP contribution in [0.15, 0.2) is 47.5 Å². The molecule has 1 amide bonds. The molecular weight excluding hydrogens is 413 g/mol. The van der Waals surface area contributed by atoms with Crippen LogP contribution in [0.1, 0.15) is 27.3 Å². The summed E-state index contributed by atoms with van der Waals surface area (Å²) in [6, 6.07) is 10.7. The molecule has 1 heterocycles. The first-order valence-electron chi connectivity index (χ1n) is 9.92. The number of guanidine groups is 1. The third-order valence-electron chi connectivity index (χ3n) is 5.02. The molecule has 0 saturated carbocycles. The van der Waals surface area contributed by atoms with E-state index >= 15 is 0 Å². The van der Waals surface area contributed by atoms with E-state index in [2.05, 4.69) is 20.7 Å². The Hall–Kier alpha value is -3.88. The average Bonchev–Trinajstić information content (AvgIpc) is 3.02. The van der Waals surface area contributed by atoms with Crippen molar-refractivity contribution in [3.63, 3.8) is 0 Å². The number of amides is 1. The van der Waals surface area contributed by atoms with Crippen LogP contribution in [0.3, 0.4) is 0 Å². The molecule has 0 spiro atoms. The Morgan fingerprint density at radius 1 is 1.12 bits per heavy atom. The number of aromatic nitrogens is 2. The summed E-state index contributed by atoms with van der Waals surface area (Å²) in [7, 11) is 4.95. The van der Waals surface area contributed by atoms with Gasteiger partial charge in [0.25, 0.3) is 5.91 Å². The molecule has 9 heteroatoms. The molecule has 32 heavy (non-hydrogen) atoms. The minimum Gasteiger partial charge on any atom is -0.493 e.